The van der Waals surface area contributed by atoms with Crippen molar-refractivity contribution in [2.24, 2.45) is 0 Å². The molecule has 0 N–H and O–H groups in total. The van der Waals surface area contributed by atoms with Gasteiger partial charge >= 0.3 is 5.97 Å². The van der Waals surface area contributed by atoms with Crippen molar-refractivity contribution in [2.45, 2.75) is 18.9 Å². The van der Waals surface area contributed by atoms with Gasteiger partial charge in [0, 0.05) is 12.5 Å². The fourth-order valence-corrected chi connectivity index (χ4v) is 0.801. The fraction of sp³-hybridized carbons (Fsp3) is 0.429. The molecule has 0 spiro atoms. The summed E-state index contributed by atoms with van der Waals surface area (Å²) in [5.41, 5.74) is 0. The number of cyclic esters (lactones) is 1. The molecular weight excluding hydrogens is 132 g/mol. The second kappa shape index (κ2) is 3.15. The van der Waals surface area contributed by atoms with E-state index in [9.17, 15) is 9.59 Å². The maximum absolute atomic E-state index is 10.4. The van der Waals surface area contributed by atoms with Gasteiger partial charge in [0.15, 0.2) is 0 Å². The number of esters is 1. The minimum atomic E-state index is -0.309. The Morgan fingerprint density at radius 1 is 1.70 bits per heavy atom. The monoisotopic (exact) mass is 140 g/mol. The van der Waals surface area contributed by atoms with E-state index in [1.807, 2.05) is 0 Å². The summed E-state index contributed by atoms with van der Waals surface area (Å²) < 4.78 is 4.75. The Morgan fingerprint density at radius 2 is 2.50 bits per heavy atom. The quantitative estimate of drug-likeness (QED) is 0.422. The molecule has 54 valence electrons. The van der Waals surface area contributed by atoms with Crippen molar-refractivity contribution < 1.29 is 14.3 Å². The van der Waals surface area contributed by atoms with Gasteiger partial charge in [0.25, 0.3) is 0 Å². The lowest BCUT2D eigenvalue weighted by molar-refractivity contribution is -0.139. The van der Waals surface area contributed by atoms with Crippen LogP contribution < -0.4 is 0 Å². The fourth-order valence-electron chi connectivity index (χ4n) is 0.801. The summed E-state index contributed by atoms with van der Waals surface area (Å²) in [4.78, 5) is 20.3. The van der Waals surface area contributed by atoms with E-state index in [2.05, 4.69) is 0 Å². The van der Waals surface area contributed by atoms with Crippen LogP contribution in [0.15, 0.2) is 12.2 Å². The van der Waals surface area contributed by atoms with Crippen molar-refractivity contribution in [1.82, 2.24) is 0 Å². The van der Waals surface area contributed by atoms with Gasteiger partial charge in [0.2, 0.25) is 0 Å². The molecule has 0 amide bonds. The number of carbonyl (C=O) groups is 2. The molecule has 0 fully saturated rings. The van der Waals surface area contributed by atoms with E-state index in [0.717, 1.165) is 6.29 Å². The molecular formula is C7H8O3. The second-order valence-corrected chi connectivity index (χ2v) is 2.08. The van der Waals surface area contributed by atoms with Crippen LogP contribution in [0.2, 0.25) is 0 Å². The molecule has 0 bridgehead atoms. The van der Waals surface area contributed by atoms with Crippen molar-refractivity contribution in [3.05, 3.63) is 12.2 Å². The highest BCUT2D eigenvalue weighted by Crippen LogP contribution is 2.09. The summed E-state index contributed by atoms with van der Waals surface area (Å²) in [6.07, 6.45) is 4.76. The minimum Gasteiger partial charge on any atom is -0.455 e. The molecule has 0 unspecified atom stereocenters. The first-order valence-electron chi connectivity index (χ1n) is 3.15. The lowest BCUT2D eigenvalue weighted by atomic mass is 10.2. The van der Waals surface area contributed by atoms with Gasteiger partial charge in [-0.2, -0.15) is 0 Å². The van der Waals surface area contributed by atoms with Crippen molar-refractivity contribution in [3.8, 4) is 0 Å². The third-order valence-electron chi connectivity index (χ3n) is 1.28. The van der Waals surface area contributed by atoms with Crippen LogP contribution >= 0.6 is 0 Å². The van der Waals surface area contributed by atoms with Crippen LogP contribution in [-0.2, 0) is 14.3 Å². The zero-order valence-corrected chi connectivity index (χ0v) is 5.45. The summed E-state index contributed by atoms with van der Waals surface area (Å²) in [6, 6.07) is 0. The molecule has 1 atom stereocenters. The molecule has 0 aromatic carbocycles. The topological polar surface area (TPSA) is 43.4 Å². The van der Waals surface area contributed by atoms with E-state index in [4.69, 9.17) is 4.74 Å². The van der Waals surface area contributed by atoms with Crippen LogP contribution in [0.4, 0.5) is 0 Å². The maximum atomic E-state index is 10.4. The van der Waals surface area contributed by atoms with Crippen LogP contribution in [-0.4, -0.2) is 18.4 Å². The van der Waals surface area contributed by atoms with Crippen molar-refractivity contribution in [3.63, 3.8) is 0 Å². The first kappa shape index (κ1) is 6.99. The number of hydrogen-bond acceptors (Lipinski definition) is 3. The molecule has 3 heteroatoms. The molecule has 1 aliphatic rings. The summed E-state index contributed by atoms with van der Waals surface area (Å²) in [6.45, 7) is 0. The van der Waals surface area contributed by atoms with Crippen LogP contribution in [0.25, 0.3) is 0 Å². The van der Waals surface area contributed by atoms with Crippen LogP contribution in [0, 0.1) is 0 Å². The third-order valence-corrected chi connectivity index (χ3v) is 1.28. The van der Waals surface area contributed by atoms with Crippen LogP contribution in [0.3, 0.4) is 0 Å². The van der Waals surface area contributed by atoms with Crippen LogP contribution in [0.1, 0.15) is 12.8 Å². The first-order chi connectivity index (χ1) is 4.83. The number of hydrogen-bond donors (Lipinski definition) is 0. The Bertz CT molecular complexity index is 172. The highest BCUT2D eigenvalue weighted by molar-refractivity contribution is 5.84. The standard InChI is InChI=1S/C7H8O3/c8-5-1-2-6-3-4-7(9)10-6/h3-6H,1-2H2/t6-/m0/s1. The van der Waals surface area contributed by atoms with E-state index in [-0.39, 0.29) is 12.1 Å². The highest BCUT2D eigenvalue weighted by atomic mass is 16.5. The molecule has 0 radical (unpaired) electrons. The van der Waals surface area contributed by atoms with Crippen molar-refractivity contribution in [2.75, 3.05) is 0 Å². The number of rotatable bonds is 3. The lowest BCUT2D eigenvalue weighted by Crippen LogP contribution is -2.07. The highest BCUT2D eigenvalue weighted by Gasteiger charge is 2.14. The van der Waals surface area contributed by atoms with E-state index < -0.39 is 0 Å². The average Bonchev–Trinajstić information content (AvgIpc) is 2.31. The van der Waals surface area contributed by atoms with Gasteiger partial charge in [0.1, 0.15) is 12.4 Å². The summed E-state index contributed by atoms with van der Waals surface area (Å²) >= 11 is 0. The first-order valence-corrected chi connectivity index (χ1v) is 3.15. The van der Waals surface area contributed by atoms with Gasteiger partial charge in [0.05, 0.1) is 0 Å². The molecule has 0 saturated heterocycles. The Morgan fingerprint density at radius 3 is 3.00 bits per heavy atom. The van der Waals surface area contributed by atoms with Crippen LogP contribution in [0.5, 0.6) is 0 Å². The predicted octanol–water partition coefficient (Wildman–Crippen LogP) is 0.447. The zero-order valence-electron chi connectivity index (χ0n) is 5.45. The molecule has 1 rings (SSSR count). The van der Waals surface area contributed by atoms with E-state index >= 15 is 0 Å². The Kier molecular flexibility index (Phi) is 2.20. The zero-order chi connectivity index (χ0) is 7.40. The average molecular weight is 140 g/mol. The summed E-state index contributed by atoms with van der Waals surface area (Å²) in [5.74, 6) is -0.309. The molecule has 1 aliphatic heterocycles. The Balaban J connectivity index is 2.26. The van der Waals surface area contributed by atoms with E-state index in [0.29, 0.717) is 12.8 Å². The minimum absolute atomic E-state index is 0.169. The lowest BCUT2D eigenvalue weighted by Gasteiger charge is -2.03. The van der Waals surface area contributed by atoms with Gasteiger partial charge in [-0.3, -0.25) is 0 Å². The SMILES string of the molecule is O=CCC[C@H]1C=CC(=O)O1. The second-order valence-electron chi connectivity index (χ2n) is 2.08. The summed E-state index contributed by atoms with van der Waals surface area (Å²) in [5, 5.41) is 0. The molecule has 0 saturated carbocycles. The van der Waals surface area contributed by atoms with Gasteiger partial charge in [-0.25, -0.2) is 4.79 Å². The van der Waals surface area contributed by atoms with Gasteiger partial charge in [-0.15, -0.1) is 0 Å². The van der Waals surface area contributed by atoms with Gasteiger partial charge in [-0.05, 0) is 12.5 Å². The number of carbonyl (C=O) groups excluding carboxylic acids is 2. The molecule has 3 nitrogen and oxygen atoms in total. The largest absolute Gasteiger partial charge is 0.455 e. The smallest absolute Gasteiger partial charge is 0.331 e. The molecule has 0 aromatic rings. The molecule has 10 heavy (non-hydrogen) atoms. The number of aldehydes is 1. The number of ether oxygens (including phenoxy) is 1. The van der Waals surface area contributed by atoms with E-state index in [1.165, 1.54) is 6.08 Å². The maximum Gasteiger partial charge on any atom is 0.331 e. The normalized spacial score (nSPS) is 22.8. The third kappa shape index (κ3) is 1.69. The van der Waals surface area contributed by atoms with Crippen molar-refractivity contribution in [1.29, 1.82) is 0 Å². The molecule has 0 aliphatic carbocycles. The molecule has 1 heterocycles. The molecule has 0 aromatic heterocycles. The van der Waals surface area contributed by atoms with Crippen molar-refractivity contribution >= 4 is 12.3 Å². The van der Waals surface area contributed by atoms with Gasteiger partial charge < -0.3 is 9.53 Å². The van der Waals surface area contributed by atoms with Gasteiger partial charge in [-0.1, -0.05) is 0 Å². The van der Waals surface area contributed by atoms with E-state index in [1.54, 1.807) is 6.08 Å². The summed E-state index contributed by atoms with van der Waals surface area (Å²) in [7, 11) is 0. The Hall–Kier alpha value is -1.12. The predicted molar refractivity (Wildman–Crippen MR) is 34.3 cm³/mol. The Labute approximate surface area is 58.7 Å².